The Morgan fingerprint density at radius 2 is 1.90 bits per heavy atom. The van der Waals surface area contributed by atoms with Crippen LogP contribution in [0.1, 0.15) is 27.8 Å². The number of nitrogens with zero attached hydrogens (tertiary/aromatic N) is 3. The molecule has 0 saturated carbocycles. The van der Waals surface area contributed by atoms with Crippen LogP contribution in [0.15, 0.2) is 58.9 Å². The van der Waals surface area contributed by atoms with Crippen molar-refractivity contribution in [2.24, 2.45) is 0 Å². The standard InChI is InChI=1S/C21H20N4O4/c1-15(26)16-4-2-5-18(12-16)23-20(27)17(13-22)14-24-7-9-25(10-8-24)21(28)19-6-3-11-29-19/h2-6,11-12,14H,7-10H2,1H3,(H,23,27)/b17-14-. The summed E-state index contributed by atoms with van der Waals surface area (Å²) >= 11 is 0. The van der Waals surface area contributed by atoms with Crippen LogP contribution in [0.3, 0.4) is 0 Å². The van der Waals surface area contributed by atoms with Crippen LogP contribution in [0.5, 0.6) is 0 Å². The molecule has 0 radical (unpaired) electrons. The van der Waals surface area contributed by atoms with Crippen molar-refractivity contribution in [2.45, 2.75) is 6.92 Å². The van der Waals surface area contributed by atoms with Crippen molar-refractivity contribution in [3.05, 3.63) is 65.8 Å². The van der Waals surface area contributed by atoms with Crippen LogP contribution in [-0.4, -0.2) is 53.6 Å². The summed E-state index contributed by atoms with van der Waals surface area (Å²) in [5.74, 6) is -0.553. The molecule has 8 nitrogen and oxygen atoms in total. The van der Waals surface area contributed by atoms with Crippen molar-refractivity contribution in [1.29, 1.82) is 5.26 Å². The second-order valence-corrected chi connectivity index (χ2v) is 6.55. The number of nitrogens with one attached hydrogen (secondary N) is 1. The van der Waals surface area contributed by atoms with Crippen LogP contribution in [-0.2, 0) is 4.79 Å². The largest absolute Gasteiger partial charge is 0.459 e. The van der Waals surface area contributed by atoms with Gasteiger partial charge in [-0.25, -0.2) is 0 Å². The fourth-order valence-electron chi connectivity index (χ4n) is 2.95. The lowest BCUT2D eigenvalue weighted by Gasteiger charge is -2.33. The Labute approximate surface area is 168 Å². The molecule has 1 fully saturated rings. The first kappa shape index (κ1) is 19.9. The number of ketones is 1. The summed E-state index contributed by atoms with van der Waals surface area (Å²) in [7, 11) is 0. The molecule has 148 valence electrons. The molecular weight excluding hydrogens is 372 g/mol. The predicted octanol–water partition coefficient (Wildman–Crippen LogP) is 2.29. The highest BCUT2D eigenvalue weighted by atomic mass is 16.3. The lowest BCUT2D eigenvalue weighted by molar-refractivity contribution is -0.112. The van der Waals surface area contributed by atoms with E-state index < -0.39 is 5.91 Å². The van der Waals surface area contributed by atoms with Crippen molar-refractivity contribution in [1.82, 2.24) is 9.80 Å². The molecule has 1 aliphatic heterocycles. The number of hydrogen-bond acceptors (Lipinski definition) is 6. The van der Waals surface area contributed by atoms with Crippen LogP contribution in [0, 0.1) is 11.3 Å². The fraction of sp³-hybridized carbons (Fsp3) is 0.238. The van der Waals surface area contributed by atoms with Gasteiger partial charge >= 0.3 is 0 Å². The Hall–Kier alpha value is -3.86. The zero-order valence-corrected chi connectivity index (χ0v) is 15.9. The summed E-state index contributed by atoms with van der Waals surface area (Å²) in [5, 5.41) is 12.0. The van der Waals surface area contributed by atoms with Gasteiger partial charge in [-0.15, -0.1) is 0 Å². The minimum atomic E-state index is -0.553. The van der Waals surface area contributed by atoms with E-state index in [1.807, 2.05) is 11.0 Å². The Bertz CT molecular complexity index is 980. The summed E-state index contributed by atoms with van der Waals surface area (Å²) in [6, 6.07) is 11.7. The van der Waals surface area contributed by atoms with E-state index in [1.54, 1.807) is 41.3 Å². The Kier molecular flexibility index (Phi) is 6.09. The maximum absolute atomic E-state index is 12.4. The number of piperazine rings is 1. The number of nitriles is 1. The van der Waals surface area contributed by atoms with Crippen LogP contribution < -0.4 is 5.32 Å². The van der Waals surface area contributed by atoms with Crippen molar-refractivity contribution < 1.29 is 18.8 Å². The SMILES string of the molecule is CC(=O)c1cccc(NC(=O)/C(C#N)=C\N2CCN(C(=O)c3ccco3)CC2)c1. The predicted molar refractivity (Wildman–Crippen MR) is 105 cm³/mol. The lowest BCUT2D eigenvalue weighted by atomic mass is 10.1. The zero-order chi connectivity index (χ0) is 20.8. The molecule has 2 heterocycles. The van der Waals surface area contributed by atoms with Gasteiger partial charge in [0.25, 0.3) is 11.8 Å². The first-order valence-corrected chi connectivity index (χ1v) is 9.09. The Morgan fingerprint density at radius 3 is 2.52 bits per heavy atom. The third-order valence-electron chi connectivity index (χ3n) is 4.54. The number of carbonyl (C=O) groups excluding carboxylic acids is 3. The maximum atomic E-state index is 12.4. The molecule has 1 N–H and O–H groups in total. The monoisotopic (exact) mass is 392 g/mol. The van der Waals surface area contributed by atoms with Gasteiger partial charge in [-0.2, -0.15) is 5.26 Å². The second kappa shape index (κ2) is 8.89. The molecule has 2 amide bonds. The van der Waals surface area contributed by atoms with Gasteiger partial charge in [-0.1, -0.05) is 12.1 Å². The molecule has 3 rings (SSSR count). The summed E-state index contributed by atoms with van der Waals surface area (Å²) in [4.78, 5) is 39.7. The van der Waals surface area contributed by atoms with Gasteiger partial charge in [0.05, 0.1) is 6.26 Å². The molecule has 1 saturated heterocycles. The van der Waals surface area contributed by atoms with Crippen molar-refractivity contribution in [2.75, 3.05) is 31.5 Å². The van der Waals surface area contributed by atoms with E-state index in [0.29, 0.717) is 43.2 Å². The van der Waals surface area contributed by atoms with Crippen LogP contribution in [0.4, 0.5) is 5.69 Å². The second-order valence-electron chi connectivity index (χ2n) is 6.55. The molecule has 0 spiro atoms. The van der Waals surface area contributed by atoms with Gasteiger partial charge < -0.3 is 19.5 Å². The van der Waals surface area contributed by atoms with Gasteiger partial charge in [0, 0.05) is 43.6 Å². The molecule has 0 bridgehead atoms. The number of hydrogen-bond donors (Lipinski definition) is 1. The molecular formula is C21H20N4O4. The molecule has 0 unspecified atom stereocenters. The van der Waals surface area contributed by atoms with E-state index in [-0.39, 0.29) is 17.3 Å². The van der Waals surface area contributed by atoms with Gasteiger partial charge in [-0.05, 0) is 31.2 Å². The van der Waals surface area contributed by atoms with Crippen molar-refractivity contribution in [3.63, 3.8) is 0 Å². The third-order valence-corrected chi connectivity index (χ3v) is 4.54. The molecule has 8 heteroatoms. The maximum Gasteiger partial charge on any atom is 0.289 e. The van der Waals surface area contributed by atoms with Crippen LogP contribution >= 0.6 is 0 Å². The molecule has 2 aromatic rings. The summed E-state index contributed by atoms with van der Waals surface area (Å²) < 4.78 is 5.13. The van der Waals surface area contributed by atoms with Gasteiger partial charge in [0.1, 0.15) is 11.6 Å². The number of carbonyl (C=O) groups is 3. The van der Waals surface area contributed by atoms with Crippen molar-refractivity contribution in [3.8, 4) is 6.07 Å². The summed E-state index contributed by atoms with van der Waals surface area (Å²) in [5.41, 5.74) is 0.865. The minimum absolute atomic E-state index is 0.0518. The molecule has 0 aliphatic carbocycles. The molecule has 1 aliphatic rings. The zero-order valence-electron chi connectivity index (χ0n) is 15.9. The molecule has 29 heavy (non-hydrogen) atoms. The van der Waals surface area contributed by atoms with E-state index in [9.17, 15) is 19.6 Å². The fourth-order valence-corrected chi connectivity index (χ4v) is 2.95. The number of amides is 2. The number of benzene rings is 1. The van der Waals surface area contributed by atoms with Gasteiger partial charge in [-0.3, -0.25) is 14.4 Å². The highest BCUT2D eigenvalue weighted by Gasteiger charge is 2.23. The van der Waals surface area contributed by atoms with E-state index in [0.717, 1.165) is 0 Å². The lowest BCUT2D eigenvalue weighted by Crippen LogP contribution is -2.47. The molecule has 0 atom stereocenters. The normalized spacial score (nSPS) is 14.3. The smallest absolute Gasteiger partial charge is 0.289 e. The first-order valence-electron chi connectivity index (χ1n) is 9.09. The van der Waals surface area contributed by atoms with Crippen LogP contribution in [0.2, 0.25) is 0 Å². The molecule has 1 aromatic carbocycles. The Morgan fingerprint density at radius 1 is 1.14 bits per heavy atom. The van der Waals surface area contributed by atoms with Gasteiger partial charge in [0.15, 0.2) is 11.5 Å². The van der Waals surface area contributed by atoms with Gasteiger partial charge in [0.2, 0.25) is 0 Å². The highest BCUT2D eigenvalue weighted by Crippen LogP contribution is 2.14. The number of furan rings is 1. The van der Waals surface area contributed by atoms with Crippen molar-refractivity contribution >= 4 is 23.3 Å². The number of rotatable bonds is 5. The topological polar surface area (TPSA) is 107 Å². The Balaban J connectivity index is 1.61. The first-order chi connectivity index (χ1) is 14.0. The number of Topliss-reactive ketones (excluding diaryl/α,β-unsaturated/α-hetero) is 1. The van der Waals surface area contributed by atoms with E-state index in [4.69, 9.17) is 4.42 Å². The average molecular weight is 392 g/mol. The van der Waals surface area contributed by atoms with Crippen LogP contribution in [0.25, 0.3) is 0 Å². The summed E-state index contributed by atoms with van der Waals surface area (Å²) in [6.45, 7) is 3.33. The molecule has 1 aromatic heterocycles. The quantitative estimate of drug-likeness (QED) is 0.475. The third kappa shape index (κ3) is 4.90. The van der Waals surface area contributed by atoms with E-state index in [2.05, 4.69) is 5.32 Å². The summed E-state index contributed by atoms with van der Waals surface area (Å²) in [6.07, 6.45) is 2.95. The highest BCUT2D eigenvalue weighted by molar-refractivity contribution is 6.07. The minimum Gasteiger partial charge on any atom is -0.459 e. The average Bonchev–Trinajstić information content (AvgIpc) is 3.27. The van der Waals surface area contributed by atoms with E-state index >= 15 is 0 Å². The van der Waals surface area contributed by atoms with E-state index in [1.165, 1.54) is 19.4 Å². The number of anilines is 1.